The van der Waals surface area contributed by atoms with Gasteiger partial charge in [-0.3, -0.25) is 4.40 Å². The van der Waals surface area contributed by atoms with E-state index in [1.54, 1.807) is 0 Å². The second kappa shape index (κ2) is 7.43. The van der Waals surface area contributed by atoms with Gasteiger partial charge < -0.3 is 20.1 Å². The minimum absolute atomic E-state index is 0.242. The Labute approximate surface area is 164 Å². The lowest BCUT2D eigenvalue weighted by Crippen LogP contribution is -2.40. The number of ether oxygens (including phenoxy) is 1. The highest BCUT2D eigenvalue weighted by atomic mass is 19.4. The lowest BCUT2D eigenvalue weighted by Gasteiger charge is -2.30. The third-order valence-corrected chi connectivity index (χ3v) is 4.88. The van der Waals surface area contributed by atoms with Crippen molar-refractivity contribution in [2.75, 3.05) is 25.5 Å². The van der Waals surface area contributed by atoms with Crippen molar-refractivity contribution in [2.24, 2.45) is 0 Å². The quantitative estimate of drug-likeness (QED) is 0.690. The second-order valence-electron chi connectivity index (χ2n) is 7.11. The Morgan fingerprint density at radius 2 is 2.07 bits per heavy atom. The molecule has 7 nitrogen and oxygen atoms in total. The van der Waals surface area contributed by atoms with Gasteiger partial charge in [-0.2, -0.15) is 0 Å². The monoisotopic (exact) mass is 407 g/mol. The van der Waals surface area contributed by atoms with E-state index >= 15 is 0 Å². The molecule has 0 bridgehead atoms. The first-order valence-electron chi connectivity index (χ1n) is 9.18. The first kappa shape index (κ1) is 19.3. The topological polar surface area (TPSA) is 74.9 Å². The van der Waals surface area contributed by atoms with E-state index in [4.69, 9.17) is 0 Å². The molecule has 154 valence electrons. The van der Waals surface area contributed by atoms with Gasteiger partial charge in [0.1, 0.15) is 17.2 Å². The van der Waals surface area contributed by atoms with E-state index in [1.807, 2.05) is 22.7 Å². The van der Waals surface area contributed by atoms with Crippen LogP contribution in [0.15, 0.2) is 36.5 Å². The van der Waals surface area contributed by atoms with Gasteiger partial charge in [-0.15, -0.1) is 23.4 Å². The zero-order valence-corrected chi connectivity index (χ0v) is 15.6. The largest absolute Gasteiger partial charge is 0.573 e. The molecular formula is C19H20F3N5O2. The van der Waals surface area contributed by atoms with Gasteiger partial charge in [-0.1, -0.05) is 0 Å². The van der Waals surface area contributed by atoms with Crippen molar-refractivity contribution < 1.29 is 23.0 Å². The third-order valence-electron chi connectivity index (χ3n) is 4.88. The maximum absolute atomic E-state index is 12.4. The number of anilines is 1. The predicted octanol–water partition coefficient (Wildman–Crippen LogP) is 3.51. The molecule has 4 rings (SSSR count). The number of aromatic hydroxyl groups is 1. The predicted molar refractivity (Wildman–Crippen MR) is 101 cm³/mol. The number of piperidine rings is 1. The summed E-state index contributed by atoms with van der Waals surface area (Å²) >= 11 is 0. The molecule has 2 N–H and O–H groups in total. The summed E-state index contributed by atoms with van der Waals surface area (Å²) in [6.45, 7) is 1.96. The molecule has 0 amide bonds. The first-order chi connectivity index (χ1) is 13.8. The molecule has 1 saturated heterocycles. The Hall–Kier alpha value is -3.01. The summed E-state index contributed by atoms with van der Waals surface area (Å²) in [6.07, 6.45) is -0.893. The molecule has 10 heteroatoms. The number of phenols is 1. The Balaban J connectivity index is 1.65. The summed E-state index contributed by atoms with van der Waals surface area (Å²) in [4.78, 5) is 2.25. The SMILES string of the molecule is CN1CCC[C@@H](Nc2nnc(-c3ccc(OC(F)(F)F)cc3O)c3cccn23)C1. The van der Waals surface area contributed by atoms with Gasteiger partial charge in [-0.05, 0) is 50.7 Å². The maximum atomic E-state index is 12.4. The number of aromatic nitrogens is 3. The Morgan fingerprint density at radius 1 is 1.24 bits per heavy atom. The minimum atomic E-state index is -4.83. The van der Waals surface area contributed by atoms with Gasteiger partial charge >= 0.3 is 6.36 Å². The van der Waals surface area contributed by atoms with Gasteiger partial charge in [0, 0.05) is 30.4 Å². The number of phenolic OH excluding ortho intramolecular Hbond substituents is 1. The highest BCUT2D eigenvalue weighted by molar-refractivity contribution is 5.81. The summed E-state index contributed by atoms with van der Waals surface area (Å²) in [5, 5.41) is 22.1. The number of hydrogen-bond donors (Lipinski definition) is 2. The first-order valence-corrected chi connectivity index (χ1v) is 9.18. The number of likely N-dealkylation sites (tertiary alicyclic amines) is 1. The molecular weight excluding hydrogens is 387 g/mol. The maximum Gasteiger partial charge on any atom is 0.573 e. The number of fused-ring (bicyclic) bond motifs is 1. The van der Waals surface area contributed by atoms with Crippen molar-refractivity contribution in [3.05, 3.63) is 36.5 Å². The molecule has 3 aromatic rings. The van der Waals surface area contributed by atoms with E-state index in [0.29, 0.717) is 17.2 Å². The van der Waals surface area contributed by atoms with Crippen molar-refractivity contribution in [1.82, 2.24) is 19.5 Å². The highest BCUT2D eigenvalue weighted by Crippen LogP contribution is 2.35. The van der Waals surface area contributed by atoms with Gasteiger partial charge in [0.25, 0.3) is 0 Å². The fourth-order valence-electron chi connectivity index (χ4n) is 3.62. The van der Waals surface area contributed by atoms with E-state index in [0.717, 1.165) is 38.1 Å². The number of hydrogen-bond acceptors (Lipinski definition) is 6. The zero-order chi connectivity index (χ0) is 20.6. The van der Waals surface area contributed by atoms with Gasteiger partial charge in [0.15, 0.2) is 0 Å². The van der Waals surface area contributed by atoms with Crippen LogP contribution < -0.4 is 10.1 Å². The number of nitrogens with zero attached hydrogens (tertiary/aromatic N) is 4. The van der Waals surface area contributed by atoms with Gasteiger partial charge in [-0.25, -0.2) is 0 Å². The Bertz CT molecular complexity index is 1020. The molecule has 1 aromatic carbocycles. The van der Waals surface area contributed by atoms with Gasteiger partial charge in [0.05, 0.1) is 5.52 Å². The van der Waals surface area contributed by atoms with Crippen molar-refractivity contribution >= 4 is 11.5 Å². The van der Waals surface area contributed by atoms with Crippen LogP contribution in [0.5, 0.6) is 11.5 Å². The normalized spacial score (nSPS) is 18.1. The minimum Gasteiger partial charge on any atom is -0.507 e. The average Bonchev–Trinajstić information content (AvgIpc) is 3.12. The fraction of sp³-hybridized carbons (Fsp3) is 0.368. The summed E-state index contributed by atoms with van der Waals surface area (Å²) in [5.74, 6) is -0.304. The van der Waals surface area contributed by atoms with E-state index in [1.165, 1.54) is 6.07 Å². The zero-order valence-electron chi connectivity index (χ0n) is 15.6. The smallest absolute Gasteiger partial charge is 0.507 e. The van der Waals surface area contributed by atoms with E-state index < -0.39 is 12.1 Å². The number of nitrogens with one attached hydrogen (secondary N) is 1. The van der Waals surface area contributed by atoms with Crippen LogP contribution in [0.1, 0.15) is 12.8 Å². The molecule has 0 radical (unpaired) electrons. The second-order valence-corrected chi connectivity index (χ2v) is 7.11. The highest BCUT2D eigenvalue weighted by Gasteiger charge is 2.31. The van der Waals surface area contributed by atoms with Crippen molar-refractivity contribution in [3.8, 4) is 22.8 Å². The third kappa shape index (κ3) is 4.21. The number of halogens is 3. The molecule has 29 heavy (non-hydrogen) atoms. The van der Waals surface area contributed by atoms with E-state index in [-0.39, 0.29) is 17.4 Å². The number of alkyl halides is 3. The molecule has 0 aliphatic carbocycles. The molecule has 3 heterocycles. The van der Waals surface area contributed by atoms with Crippen LogP contribution in [-0.4, -0.2) is 57.1 Å². The van der Waals surface area contributed by atoms with Gasteiger partial charge in [0.2, 0.25) is 5.95 Å². The van der Waals surface area contributed by atoms with Crippen LogP contribution in [0.4, 0.5) is 19.1 Å². The molecule has 0 saturated carbocycles. The fourth-order valence-corrected chi connectivity index (χ4v) is 3.62. The molecule has 0 unspecified atom stereocenters. The Morgan fingerprint density at radius 3 is 2.79 bits per heavy atom. The molecule has 0 spiro atoms. The van der Waals surface area contributed by atoms with Crippen LogP contribution in [0, 0.1) is 0 Å². The summed E-state index contributed by atoms with van der Waals surface area (Å²) in [6, 6.07) is 7.24. The summed E-state index contributed by atoms with van der Waals surface area (Å²) in [7, 11) is 2.07. The number of likely N-dealkylation sites (N-methyl/N-ethyl adjacent to an activating group) is 1. The lowest BCUT2D eigenvalue weighted by atomic mass is 10.1. The number of benzene rings is 1. The van der Waals surface area contributed by atoms with E-state index in [9.17, 15) is 18.3 Å². The molecule has 2 aromatic heterocycles. The Kier molecular flexibility index (Phi) is 4.95. The molecule has 1 aliphatic heterocycles. The van der Waals surface area contributed by atoms with Crippen LogP contribution in [0.3, 0.4) is 0 Å². The van der Waals surface area contributed by atoms with E-state index in [2.05, 4.69) is 32.2 Å². The van der Waals surface area contributed by atoms with Crippen LogP contribution in [0.2, 0.25) is 0 Å². The lowest BCUT2D eigenvalue weighted by molar-refractivity contribution is -0.274. The summed E-state index contributed by atoms with van der Waals surface area (Å²) < 4.78 is 42.8. The molecule has 1 fully saturated rings. The summed E-state index contributed by atoms with van der Waals surface area (Å²) in [5.41, 5.74) is 1.29. The van der Waals surface area contributed by atoms with Crippen molar-refractivity contribution in [1.29, 1.82) is 0 Å². The van der Waals surface area contributed by atoms with Crippen LogP contribution in [0.25, 0.3) is 16.8 Å². The standard InChI is InChI=1S/C19H20F3N5O2/c1-26-8-2-4-12(11-26)23-18-25-24-17(15-5-3-9-27(15)18)14-7-6-13(10-16(14)28)29-19(20,21)22/h3,5-7,9-10,12,28H,2,4,8,11H2,1H3,(H,23,25)/t12-/m1/s1. The van der Waals surface area contributed by atoms with Crippen molar-refractivity contribution in [2.45, 2.75) is 25.2 Å². The average molecular weight is 407 g/mol. The van der Waals surface area contributed by atoms with Crippen molar-refractivity contribution in [3.63, 3.8) is 0 Å². The molecule has 1 atom stereocenters. The number of rotatable bonds is 4. The molecule has 1 aliphatic rings. The van der Waals surface area contributed by atoms with Crippen LogP contribution >= 0.6 is 0 Å². The van der Waals surface area contributed by atoms with Crippen LogP contribution in [-0.2, 0) is 0 Å².